The number of carbonyl (C=O) groups is 1. The minimum Gasteiger partial charge on any atom is -0.360 e. The molecule has 2 aromatic carbocycles. The van der Waals surface area contributed by atoms with Gasteiger partial charge in [0.15, 0.2) is 0 Å². The SMILES string of the molecule is C/C(=N/NC(=O)c1c[nH]c2ccccc12)c1cccc([N+](=O)[O-])c1. The van der Waals surface area contributed by atoms with Gasteiger partial charge in [-0.2, -0.15) is 5.10 Å². The molecule has 1 amide bonds. The number of hydrogen-bond donors (Lipinski definition) is 2. The van der Waals surface area contributed by atoms with E-state index in [4.69, 9.17) is 0 Å². The number of amides is 1. The number of H-pyrrole nitrogens is 1. The predicted octanol–water partition coefficient (Wildman–Crippen LogP) is 3.23. The monoisotopic (exact) mass is 322 g/mol. The number of para-hydroxylation sites is 1. The lowest BCUT2D eigenvalue weighted by atomic mass is 10.1. The van der Waals surface area contributed by atoms with Crippen LogP contribution in [0.4, 0.5) is 5.69 Å². The fourth-order valence-corrected chi connectivity index (χ4v) is 2.36. The van der Waals surface area contributed by atoms with Crippen LogP contribution in [0.25, 0.3) is 10.9 Å². The van der Waals surface area contributed by atoms with Gasteiger partial charge in [0.2, 0.25) is 0 Å². The number of benzene rings is 2. The second kappa shape index (κ2) is 6.33. The first-order valence-corrected chi connectivity index (χ1v) is 7.22. The van der Waals surface area contributed by atoms with Gasteiger partial charge in [-0.1, -0.05) is 30.3 Å². The summed E-state index contributed by atoms with van der Waals surface area (Å²) in [7, 11) is 0. The molecular weight excluding hydrogens is 308 g/mol. The molecule has 0 saturated carbocycles. The number of hydrogen-bond acceptors (Lipinski definition) is 4. The predicted molar refractivity (Wildman–Crippen MR) is 91.1 cm³/mol. The van der Waals surface area contributed by atoms with Crippen LogP contribution in [0.3, 0.4) is 0 Å². The summed E-state index contributed by atoms with van der Waals surface area (Å²) in [5, 5.41) is 15.7. The standard InChI is InChI=1S/C17H14N4O3/c1-11(12-5-4-6-13(9-12)21(23)24)19-20-17(22)15-10-18-16-8-3-2-7-14(15)16/h2-10,18H,1H3,(H,20,22)/b19-11-. The number of non-ortho nitro benzene ring substituents is 1. The van der Waals surface area contributed by atoms with Gasteiger partial charge >= 0.3 is 0 Å². The van der Waals surface area contributed by atoms with Crippen LogP contribution in [0.5, 0.6) is 0 Å². The van der Waals surface area contributed by atoms with E-state index < -0.39 is 4.92 Å². The summed E-state index contributed by atoms with van der Waals surface area (Å²) in [5.41, 5.74) is 4.86. The molecule has 7 heteroatoms. The van der Waals surface area contributed by atoms with Crippen molar-refractivity contribution in [1.82, 2.24) is 10.4 Å². The molecule has 120 valence electrons. The summed E-state index contributed by atoms with van der Waals surface area (Å²) in [4.78, 5) is 25.7. The number of nitro groups is 1. The highest BCUT2D eigenvalue weighted by Gasteiger charge is 2.12. The molecule has 0 aliphatic heterocycles. The van der Waals surface area contributed by atoms with Crippen LogP contribution in [0.15, 0.2) is 59.8 Å². The number of nitro benzene ring substituents is 1. The molecule has 24 heavy (non-hydrogen) atoms. The molecular formula is C17H14N4O3. The van der Waals surface area contributed by atoms with Gasteiger partial charge in [-0.25, -0.2) is 5.43 Å². The van der Waals surface area contributed by atoms with Gasteiger partial charge in [0.1, 0.15) is 0 Å². The van der Waals surface area contributed by atoms with E-state index in [9.17, 15) is 14.9 Å². The van der Waals surface area contributed by atoms with Crippen LogP contribution in [0.2, 0.25) is 0 Å². The van der Waals surface area contributed by atoms with Crippen LogP contribution in [0.1, 0.15) is 22.8 Å². The van der Waals surface area contributed by atoms with E-state index in [-0.39, 0.29) is 11.6 Å². The van der Waals surface area contributed by atoms with Gasteiger partial charge in [0.05, 0.1) is 16.2 Å². The molecule has 0 spiro atoms. The lowest BCUT2D eigenvalue weighted by Gasteiger charge is -2.02. The summed E-state index contributed by atoms with van der Waals surface area (Å²) in [6, 6.07) is 13.5. The van der Waals surface area contributed by atoms with Gasteiger partial charge in [-0.15, -0.1) is 0 Å². The summed E-state index contributed by atoms with van der Waals surface area (Å²) >= 11 is 0. The Labute approximate surface area is 137 Å². The quantitative estimate of drug-likeness (QED) is 0.438. The Bertz CT molecular complexity index is 959. The number of nitrogens with zero attached hydrogens (tertiary/aromatic N) is 2. The van der Waals surface area contributed by atoms with Crippen LogP contribution in [-0.4, -0.2) is 21.5 Å². The summed E-state index contributed by atoms with van der Waals surface area (Å²) < 4.78 is 0. The van der Waals surface area contributed by atoms with Crippen molar-refractivity contribution in [3.05, 3.63) is 76.0 Å². The van der Waals surface area contributed by atoms with Crippen LogP contribution in [-0.2, 0) is 0 Å². The van der Waals surface area contributed by atoms with Crippen LogP contribution in [0, 0.1) is 10.1 Å². The maximum atomic E-state index is 12.3. The van der Waals surface area contributed by atoms with E-state index in [1.165, 1.54) is 12.1 Å². The third-order valence-corrected chi connectivity index (χ3v) is 3.63. The van der Waals surface area contributed by atoms with Gasteiger partial charge < -0.3 is 4.98 Å². The second-order valence-corrected chi connectivity index (χ2v) is 5.19. The van der Waals surface area contributed by atoms with Crippen molar-refractivity contribution in [3.63, 3.8) is 0 Å². The van der Waals surface area contributed by atoms with E-state index in [0.717, 1.165) is 10.9 Å². The molecule has 0 bridgehead atoms. The van der Waals surface area contributed by atoms with Crippen molar-refractivity contribution >= 4 is 28.2 Å². The van der Waals surface area contributed by atoms with E-state index >= 15 is 0 Å². The first-order valence-electron chi connectivity index (χ1n) is 7.22. The number of nitrogens with one attached hydrogen (secondary N) is 2. The average molecular weight is 322 g/mol. The van der Waals surface area contributed by atoms with Crippen LogP contribution >= 0.6 is 0 Å². The van der Waals surface area contributed by atoms with Gasteiger partial charge in [-0.3, -0.25) is 14.9 Å². The highest BCUT2D eigenvalue weighted by atomic mass is 16.6. The number of rotatable bonds is 4. The molecule has 7 nitrogen and oxygen atoms in total. The molecule has 1 aromatic heterocycles. The molecule has 1 heterocycles. The number of aromatic amines is 1. The molecule has 0 aliphatic carbocycles. The van der Waals surface area contributed by atoms with Gasteiger partial charge in [-0.05, 0) is 13.0 Å². The Hall–Kier alpha value is -3.48. The van der Waals surface area contributed by atoms with Crippen molar-refractivity contribution in [2.75, 3.05) is 0 Å². The topological polar surface area (TPSA) is 100 Å². The van der Waals surface area contributed by atoms with Crippen molar-refractivity contribution in [1.29, 1.82) is 0 Å². The fraction of sp³-hybridized carbons (Fsp3) is 0.0588. The zero-order valence-electron chi connectivity index (χ0n) is 12.8. The Morgan fingerprint density at radius 1 is 1.21 bits per heavy atom. The number of aromatic nitrogens is 1. The summed E-state index contributed by atoms with van der Waals surface area (Å²) in [5.74, 6) is -0.350. The Morgan fingerprint density at radius 2 is 2.00 bits per heavy atom. The molecule has 0 radical (unpaired) electrons. The molecule has 2 N–H and O–H groups in total. The van der Waals surface area contributed by atoms with E-state index in [2.05, 4.69) is 15.5 Å². The Morgan fingerprint density at radius 3 is 2.79 bits per heavy atom. The molecule has 0 aliphatic rings. The molecule has 3 aromatic rings. The zero-order chi connectivity index (χ0) is 17.1. The summed E-state index contributed by atoms with van der Waals surface area (Å²) in [6.07, 6.45) is 1.62. The molecule has 0 saturated heterocycles. The second-order valence-electron chi connectivity index (χ2n) is 5.19. The lowest BCUT2D eigenvalue weighted by Crippen LogP contribution is -2.19. The molecule has 0 fully saturated rings. The smallest absolute Gasteiger partial charge is 0.273 e. The van der Waals surface area contributed by atoms with E-state index in [1.807, 2.05) is 24.3 Å². The van der Waals surface area contributed by atoms with Crippen molar-refractivity contribution < 1.29 is 9.72 Å². The molecule has 0 atom stereocenters. The van der Waals surface area contributed by atoms with Gasteiger partial charge in [0.25, 0.3) is 11.6 Å². The number of carbonyl (C=O) groups excluding carboxylic acids is 1. The highest BCUT2D eigenvalue weighted by Crippen LogP contribution is 2.17. The maximum absolute atomic E-state index is 12.3. The molecule has 3 rings (SSSR count). The third-order valence-electron chi connectivity index (χ3n) is 3.63. The maximum Gasteiger partial charge on any atom is 0.273 e. The summed E-state index contributed by atoms with van der Waals surface area (Å²) in [6.45, 7) is 1.68. The molecule has 0 unspecified atom stereocenters. The van der Waals surface area contributed by atoms with Crippen molar-refractivity contribution in [3.8, 4) is 0 Å². The van der Waals surface area contributed by atoms with E-state index in [0.29, 0.717) is 16.8 Å². The minimum atomic E-state index is -0.471. The number of fused-ring (bicyclic) bond motifs is 1. The number of hydrazone groups is 1. The third kappa shape index (κ3) is 3.00. The normalized spacial score (nSPS) is 11.5. The largest absolute Gasteiger partial charge is 0.360 e. The van der Waals surface area contributed by atoms with Crippen molar-refractivity contribution in [2.24, 2.45) is 5.10 Å². The minimum absolute atomic E-state index is 0.0231. The van der Waals surface area contributed by atoms with Crippen molar-refractivity contribution in [2.45, 2.75) is 6.92 Å². The fourth-order valence-electron chi connectivity index (χ4n) is 2.36. The average Bonchev–Trinajstić information content (AvgIpc) is 3.03. The first-order chi connectivity index (χ1) is 11.6. The van der Waals surface area contributed by atoms with E-state index in [1.54, 1.807) is 25.3 Å². The Balaban J connectivity index is 1.81. The first kappa shape index (κ1) is 15.4. The lowest BCUT2D eigenvalue weighted by molar-refractivity contribution is -0.384. The zero-order valence-corrected chi connectivity index (χ0v) is 12.8. The highest BCUT2D eigenvalue weighted by molar-refractivity contribution is 6.07. The van der Waals surface area contributed by atoms with Gasteiger partial charge in [0, 0.05) is 34.8 Å². The van der Waals surface area contributed by atoms with Crippen LogP contribution < -0.4 is 5.43 Å². The Kier molecular flexibility index (Phi) is 4.07.